The van der Waals surface area contributed by atoms with E-state index < -0.39 is 0 Å². The second-order valence-electron chi connectivity index (χ2n) is 13.5. The fourth-order valence-corrected chi connectivity index (χ4v) is 7.28. The lowest BCUT2D eigenvalue weighted by molar-refractivity contribution is 0.0838. The van der Waals surface area contributed by atoms with Gasteiger partial charge in [0.2, 0.25) is 0 Å². The van der Waals surface area contributed by atoms with Crippen LogP contribution in [0.4, 0.5) is 22.7 Å². The number of fused-ring (bicyclic) bond motifs is 2. The van der Waals surface area contributed by atoms with Crippen molar-refractivity contribution in [2.24, 2.45) is 4.99 Å². The van der Waals surface area contributed by atoms with E-state index in [-0.39, 0.29) is 25.0 Å². The number of hydrogen-bond donors (Lipinski definition) is 2. The first kappa shape index (κ1) is 36.1. The smallest absolute Gasteiger partial charge is 0.260 e. The van der Waals surface area contributed by atoms with Crippen molar-refractivity contribution in [3.8, 4) is 23.0 Å². The number of allylic oxidation sites excluding steroid dienone is 3. The minimum absolute atomic E-state index is 0.110. The van der Waals surface area contributed by atoms with Crippen LogP contribution in [0.1, 0.15) is 63.1 Å². The average molecular weight is 728 g/mol. The van der Waals surface area contributed by atoms with Crippen LogP contribution in [0, 0.1) is 0 Å². The summed E-state index contributed by atoms with van der Waals surface area (Å²) in [4.78, 5) is 35.7. The van der Waals surface area contributed by atoms with Gasteiger partial charge in [0.1, 0.15) is 13.2 Å². The molecular formula is C43H45N5O6. The Labute approximate surface area is 315 Å². The summed E-state index contributed by atoms with van der Waals surface area (Å²) in [5.41, 5.74) is 14.9. The summed E-state index contributed by atoms with van der Waals surface area (Å²) >= 11 is 0. The number of anilines is 3. The first-order valence-corrected chi connectivity index (χ1v) is 18.1. The van der Waals surface area contributed by atoms with Crippen LogP contribution in [0.15, 0.2) is 95.1 Å². The highest BCUT2D eigenvalue weighted by molar-refractivity contribution is 6.11. The number of carbonyl (C=O) groups excluding carboxylic acids is 2. The third-order valence-corrected chi connectivity index (χ3v) is 10.0. The van der Waals surface area contributed by atoms with Crippen molar-refractivity contribution in [1.29, 1.82) is 0 Å². The number of benzene rings is 4. The molecule has 0 saturated heterocycles. The van der Waals surface area contributed by atoms with Gasteiger partial charge in [0.15, 0.2) is 23.0 Å². The van der Waals surface area contributed by atoms with Crippen LogP contribution in [-0.4, -0.2) is 57.8 Å². The number of likely N-dealkylation sites (N-methyl/N-ethyl adjacent to an activating group) is 1. The number of rotatable bonds is 10. The van der Waals surface area contributed by atoms with Crippen molar-refractivity contribution in [3.63, 3.8) is 0 Å². The minimum atomic E-state index is -0.162. The third kappa shape index (κ3) is 7.34. The number of aliphatic imine (C=N–C) groups is 1. The molecule has 3 N–H and O–H groups in total. The molecule has 0 atom stereocenters. The van der Waals surface area contributed by atoms with Gasteiger partial charge in [-0.25, -0.2) is 0 Å². The van der Waals surface area contributed by atoms with Gasteiger partial charge >= 0.3 is 0 Å². The lowest BCUT2D eigenvalue weighted by atomic mass is 9.96. The molecule has 1 aliphatic carbocycles. The van der Waals surface area contributed by atoms with Gasteiger partial charge in [-0.1, -0.05) is 24.3 Å². The van der Waals surface area contributed by atoms with Gasteiger partial charge in [-0.3, -0.25) is 14.6 Å². The minimum Gasteiger partial charge on any atom is -0.493 e. The molecule has 278 valence electrons. The van der Waals surface area contributed by atoms with Gasteiger partial charge < -0.3 is 39.8 Å². The largest absolute Gasteiger partial charge is 0.493 e. The Balaban J connectivity index is 1.08. The molecule has 3 aliphatic rings. The summed E-state index contributed by atoms with van der Waals surface area (Å²) in [6, 6.07) is 20.6. The van der Waals surface area contributed by atoms with E-state index in [9.17, 15) is 9.59 Å². The monoisotopic (exact) mass is 727 g/mol. The number of para-hydroxylation sites is 1. The molecule has 0 fully saturated rings. The third-order valence-electron chi connectivity index (χ3n) is 10.0. The Morgan fingerprint density at radius 3 is 2.31 bits per heavy atom. The van der Waals surface area contributed by atoms with E-state index in [1.807, 2.05) is 48.7 Å². The summed E-state index contributed by atoms with van der Waals surface area (Å²) in [6.07, 6.45) is 10.4. The van der Waals surface area contributed by atoms with Crippen LogP contribution >= 0.6 is 0 Å². The van der Waals surface area contributed by atoms with E-state index in [1.54, 1.807) is 62.4 Å². The predicted octanol–water partition coefficient (Wildman–Crippen LogP) is 7.86. The molecule has 0 radical (unpaired) electrons. The van der Waals surface area contributed by atoms with Gasteiger partial charge in [0.05, 0.1) is 36.7 Å². The number of nitrogen functional groups attached to an aromatic ring is 1. The average Bonchev–Trinajstić information content (AvgIpc) is 3.63. The zero-order chi connectivity index (χ0) is 37.8. The lowest BCUT2D eigenvalue weighted by Crippen LogP contribution is -2.29. The maximum atomic E-state index is 13.8. The first-order chi connectivity index (χ1) is 26.3. The number of carbonyl (C=O) groups is 2. The molecular weight excluding hydrogens is 683 g/mol. The quantitative estimate of drug-likeness (QED) is 0.158. The van der Waals surface area contributed by atoms with E-state index >= 15 is 0 Å². The van der Waals surface area contributed by atoms with Gasteiger partial charge in [0, 0.05) is 56.1 Å². The molecule has 0 aromatic heterocycles. The van der Waals surface area contributed by atoms with Crippen LogP contribution in [0.5, 0.6) is 23.0 Å². The van der Waals surface area contributed by atoms with Crippen molar-refractivity contribution < 1.29 is 28.5 Å². The lowest BCUT2D eigenvalue weighted by Gasteiger charge is -2.26. The number of nitrogens with two attached hydrogens (primary N) is 1. The fourth-order valence-electron chi connectivity index (χ4n) is 7.28. The SMILES string of the molecule is CNc1cc(OCc2cc(N)cc(COc3cc4c(cc3OC)C(=O)N(C)C3=C(CCC=C3)CC/C=N\4)c2)c(OC)cc1C(=O)N1CCc2ccccc21. The number of nitrogens with zero attached hydrogens (tertiary/aromatic N) is 3. The maximum Gasteiger partial charge on any atom is 0.260 e. The normalized spacial score (nSPS) is 15.6. The van der Waals surface area contributed by atoms with Crippen molar-refractivity contribution in [1.82, 2.24) is 4.90 Å². The second kappa shape index (κ2) is 15.8. The van der Waals surface area contributed by atoms with Crippen molar-refractivity contribution in [2.75, 3.05) is 50.8 Å². The predicted molar refractivity (Wildman–Crippen MR) is 212 cm³/mol. The first-order valence-electron chi connectivity index (χ1n) is 18.1. The Morgan fingerprint density at radius 2 is 1.57 bits per heavy atom. The van der Waals surface area contributed by atoms with Crippen LogP contribution in [-0.2, 0) is 19.6 Å². The topological polar surface area (TPSA) is 128 Å². The van der Waals surface area contributed by atoms with Crippen molar-refractivity contribution >= 4 is 40.8 Å². The van der Waals surface area contributed by atoms with Crippen LogP contribution in [0.2, 0.25) is 0 Å². The van der Waals surface area contributed by atoms with Crippen molar-refractivity contribution in [2.45, 2.75) is 45.3 Å². The highest BCUT2D eigenvalue weighted by Crippen LogP contribution is 2.39. The molecule has 7 rings (SSSR count). The molecule has 4 aromatic carbocycles. The van der Waals surface area contributed by atoms with Crippen LogP contribution < -0.4 is 34.9 Å². The summed E-state index contributed by atoms with van der Waals surface area (Å²) in [5.74, 6) is 1.52. The molecule has 2 heterocycles. The number of ether oxygens (including phenoxy) is 4. The number of hydrogen-bond acceptors (Lipinski definition) is 9. The van der Waals surface area contributed by atoms with Crippen LogP contribution in [0.3, 0.4) is 0 Å². The summed E-state index contributed by atoms with van der Waals surface area (Å²) < 4.78 is 24.0. The number of nitrogens with one attached hydrogen (secondary N) is 1. The molecule has 0 saturated carbocycles. The van der Waals surface area contributed by atoms with E-state index in [0.29, 0.717) is 57.7 Å². The molecule has 54 heavy (non-hydrogen) atoms. The van der Waals surface area contributed by atoms with Gasteiger partial charge in [0.25, 0.3) is 11.8 Å². The van der Waals surface area contributed by atoms with Gasteiger partial charge in [-0.15, -0.1) is 0 Å². The van der Waals surface area contributed by atoms with Gasteiger partial charge in [-0.2, -0.15) is 0 Å². The molecule has 0 unspecified atom stereocenters. The molecule has 0 bridgehead atoms. The summed E-state index contributed by atoms with van der Waals surface area (Å²) in [7, 11) is 6.69. The van der Waals surface area contributed by atoms with E-state index in [4.69, 9.17) is 29.7 Å². The molecule has 4 aromatic rings. The summed E-state index contributed by atoms with van der Waals surface area (Å²) in [6.45, 7) is 0.977. The molecule has 11 nitrogen and oxygen atoms in total. The van der Waals surface area contributed by atoms with Gasteiger partial charge in [-0.05, 0) is 96.8 Å². The van der Waals surface area contributed by atoms with Crippen LogP contribution in [0.25, 0.3) is 0 Å². The Morgan fingerprint density at radius 1 is 0.870 bits per heavy atom. The number of amides is 2. The van der Waals surface area contributed by atoms with E-state index in [1.165, 1.54) is 5.57 Å². The number of methoxy groups -OCH3 is 2. The van der Waals surface area contributed by atoms with E-state index in [0.717, 1.165) is 60.2 Å². The zero-order valence-electron chi connectivity index (χ0n) is 31.1. The Bertz CT molecular complexity index is 2190. The Hall–Kier alpha value is -6.23. The highest BCUT2D eigenvalue weighted by atomic mass is 16.5. The molecule has 0 spiro atoms. The standard InChI is InChI=1S/C43H45N5O6/c1-45-34-23-40(38(51-3)21-32(34)43(50)48-17-15-30-11-6-8-14-37(30)48)53-25-27-18-28(20-31(44)19-27)26-54-41-24-35-33(22-39(41)52-4)42(49)47(2)36-13-7-5-10-29(36)12-9-16-46-35/h6-8,11,13-14,16,18-24,45H,5,9-10,12,15,17,25-26,44H2,1-4H3/b46-16-. The Kier molecular flexibility index (Phi) is 10.6. The molecule has 2 amide bonds. The van der Waals surface area contributed by atoms with E-state index in [2.05, 4.69) is 17.5 Å². The van der Waals surface area contributed by atoms with Crippen molar-refractivity contribution in [3.05, 3.63) is 118 Å². The molecule has 11 heteroatoms. The maximum absolute atomic E-state index is 13.8. The second-order valence-corrected chi connectivity index (χ2v) is 13.5. The zero-order valence-corrected chi connectivity index (χ0v) is 31.1. The molecule has 2 aliphatic heterocycles. The fraction of sp³-hybridized carbons (Fsp3) is 0.279. The summed E-state index contributed by atoms with van der Waals surface area (Å²) in [5, 5.41) is 3.16. The highest BCUT2D eigenvalue weighted by Gasteiger charge is 2.28.